The lowest BCUT2D eigenvalue weighted by Crippen LogP contribution is -2.27. The van der Waals surface area contributed by atoms with Crippen LogP contribution < -0.4 is 5.32 Å². The first kappa shape index (κ1) is 17.7. The molecule has 1 amide bonds. The number of furan rings is 1. The highest BCUT2D eigenvalue weighted by molar-refractivity contribution is 5.90. The third-order valence-electron chi connectivity index (χ3n) is 5.11. The second kappa shape index (κ2) is 7.85. The Morgan fingerprint density at radius 2 is 1.96 bits per heavy atom. The molecule has 2 heterocycles. The number of nitrogens with zero attached hydrogens (tertiary/aromatic N) is 2. The van der Waals surface area contributed by atoms with E-state index in [2.05, 4.69) is 22.4 Å². The van der Waals surface area contributed by atoms with Crippen LogP contribution in [0.2, 0.25) is 0 Å². The van der Waals surface area contributed by atoms with Crippen molar-refractivity contribution in [3.63, 3.8) is 0 Å². The van der Waals surface area contributed by atoms with Crippen molar-refractivity contribution in [2.24, 2.45) is 11.8 Å². The molecule has 6 heteroatoms. The number of carbonyl (C=O) groups is 1. The Balaban J connectivity index is 1.55. The number of carbonyl (C=O) groups excluding carboxylic acids is 1. The van der Waals surface area contributed by atoms with E-state index in [1.165, 1.54) is 19.3 Å². The molecule has 1 fully saturated rings. The van der Waals surface area contributed by atoms with E-state index < -0.39 is 0 Å². The fourth-order valence-corrected chi connectivity index (χ4v) is 3.64. The Bertz CT molecular complexity index is 711. The molecule has 0 radical (unpaired) electrons. The number of aromatic nitrogens is 2. The summed E-state index contributed by atoms with van der Waals surface area (Å²) in [6.07, 6.45) is 8.00. The summed E-state index contributed by atoms with van der Waals surface area (Å²) < 4.78 is 11.1. The van der Waals surface area contributed by atoms with E-state index in [0.717, 1.165) is 48.7 Å². The van der Waals surface area contributed by atoms with Crippen LogP contribution in [0.5, 0.6) is 0 Å². The van der Waals surface area contributed by atoms with E-state index in [0.29, 0.717) is 5.89 Å². The Hall–Kier alpha value is -2.11. The monoisotopic (exact) mass is 345 g/mol. The van der Waals surface area contributed by atoms with Gasteiger partial charge in [-0.2, -0.15) is 0 Å². The third-order valence-corrected chi connectivity index (χ3v) is 5.11. The Kier molecular flexibility index (Phi) is 5.56. The van der Waals surface area contributed by atoms with Gasteiger partial charge in [-0.1, -0.05) is 31.3 Å². The van der Waals surface area contributed by atoms with Crippen molar-refractivity contribution in [1.82, 2.24) is 10.2 Å². The summed E-state index contributed by atoms with van der Waals surface area (Å²) in [5, 5.41) is 10.7. The molecule has 0 aliphatic heterocycles. The van der Waals surface area contributed by atoms with Gasteiger partial charge in [0.25, 0.3) is 5.89 Å². The number of anilines is 1. The lowest BCUT2D eigenvalue weighted by atomic mass is 9.79. The molecule has 0 spiro atoms. The molecule has 0 unspecified atom stereocenters. The van der Waals surface area contributed by atoms with Gasteiger partial charge in [0.2, 0.25) is 5.91 Å². The average Bonchev–Trinajstić information content (AvgIpc) is 3.19. The van der Waals surface area contributed by atoms with Gasteiger partial charge in [0.05, 0.1) is 5.56 Å². The van der Waals surface area contributed by atoms with Gasteiger partial charge in [0, 0.05) is 5.92 Å². The molecule has 0 atom stereocenters. The van der Waals surface area contributed by atoms with Crippen molar-refractivity contribution in [1.29, 1.82) is 0 Å². The number of hydrogen-bond donors (Lipinski definition) is 1. The largest absolute Gasteiger partial charge is 0.466 e. The van der Waals surface area contributed by atoms with Crippen molar-refractivity contribution in [2.45, 2.75) is 65.7 Å². The molecule has 1 saturated carbocycles. The molecule has 1 aliphatic carbocycles. The summed E-state index contributed by atoms with van der Waals surface area (Å²) in [5.74, 6) is 2.70. The van der Waals surface area contributed by atoms with Crippen LogP contribution in [0.25, 0.3) is 11.5 Å². The maximum Gasteiger partial charge on any atom is 0.322 e. The first-order chi connectivity index (χ1) is 12.1. The maximum atomic E-state index is 12.4. The van der Waals surface area contributed by atoms with E-state index in [1.807, 2.05) is 19.9 Å². The SMILES string of the molecule is CCCCC1CCC(C(=O)Nc2nnc(-c3cc(C)oc3C)o2)CC1. The highest BCUT2D eigenvalue weighted by atomic mass is 16.4. The summed E-state index contributed by atoms with van der Waals surface area (Å²) >= 11 is 0. The summed E-state index contributed by atoms with van der Waals surface area (Å²) in [6.45, 7) is 5.94. The van der Waals surface area contributed by atoms with Gasteiger partial charge >= 0.3 is 6.01 Å². The molecule has 0 bridgehead atoms. The van der Waals surface area contributed by atoms with Crippen LogP contribution in [-0.2, 0) is 4.79 Å². The van der Waals surface area contributed by atoms with Gasteiger partial charge < -0.3 is 8.83 Å². The molecule has 3 rings (SSSR count). The van der Waals surface area contributed by atoms with Gasteiger partial charge in [-0.25, -0.2) is 0 Å². The van der Waals surface area contributed by atoms with Crippen LogP contribution in [0, 0.1) is 25.7 Å². The maximum absolute atomic E-state index is 12.4. The van der Waals surface area contributed by atoms with Crippen molar-refractivity contribution in [3.05, 3.63) is 17.6 Å². The van der Waals surface area contributed by atoms with Crippen molar-refractivity contribution in [2.75, 3.05) is 5.32 Å². The fraction of sp³-hybridized carbons (Fsp3) is 0.632. The number of nitrogens with one attached hydrogen (secondary N) is 1. The standard InChI is InChI=1S/C19H27N3O3/c1-4-5-6-14-7-9-15(10-8-14)17(23)20-19-22-21-18(25-19)16-11-12(2)24-13(16)3/h11,14-15H,4-10H2,1-3H3,(H,20,22,23). The molecule has 25 heavy (non-hydrogen) atoms. The van der Waals surface area contributed by atoms with Gasteiger partial charge in [-0.3, -0.25) is 10.1 Å². The normalized spacial score (nSPS) is 20.6. The third kappa shape index (κ3) is 4.30. The zero-order valence-corrected chi connectivity index (χ0v) is 15.3. The quantitative estimate of drug-likeness (QED) is 0.807. The van der Waals surface area contributed by atoms with Crippen LogP contribution in [0.1, 0.15) is 63.4 Å². The zero-order valence-electron chi connectivity index (χ0n) is 15.3. The zero-order chi connectivity index (χ0) is 17.8. The number of hydrogen-bond acceptors (Lipinski definition) is 5. The highest BCUT2D eigenvalue weighted by Crippen LogP contribution is 2.33. The molecule has 0 aromatic carbocycles. The molecule has 1 N–H and O–H groups in total. The van der Waals surface area contributed by atoms with Crippen LogP contribution in [-0.4, -0.2) is 16.1 Å². The van der Waals surface area contributed by atoms with Crippen LogP contribution in [0.3, 0.4) is 0 Å². The Morgan fingerprint density at radius 3 is 2.60 bits per heavy atom. The second-order valence-electron chi connectivity index (χ2n) is 7.09. The number of unbranched alkanes of at least 4 members (excludes halogenated alkanes) is 1. The molecular weight excluding hydrogens is 318 g/mol. The van der Waals surface area contributed by atoms with Gasteiger partial charge in [0.15, 0.2) is 0 Å². The van der Waals surface area contributed by atoms with Crippen molar-refractivity contribution < 1.29 is 13.6 Å². The number of rotatable bonds is 6. The lowest BCUT2D eigenvalue weighted by Gasteiger charge is -2.27. The van der Waals surface area contributed by atoms with Crippen molar-refractivity contribution in [3.8, 4) is 11.5 Å². The van der Waals surface area contributed by atoms with E-state index in [-0.39, 0.29) is 17.8 Å². The first-order valence-corrected chi connectivity index (χ1v) is 9.28. The summed E-state index contributed by atoms with van der Waals surface area (Å²) in [6, 6.07) is 2.01. The summed E-state index contributed by atoms with van der Waals surface area (Å²) in [5.41, 5.74) is 0.766. The van der Waals surface area contributed by atoms with Crippen molar-refractivity contribution >= 4 is 11.9 Å². The molecule has 1 aliphatic rings. The Morgan fingerprint density at radius 1 is 1.20 bits per heavy atom. The minimum absolute atomic E-state index is 0.00997. The van der Waals surface area contributed by atoms with E-state index in [9.17, 15) is 4.79 Å². The molecule has 2 aromatic rings. The van der Waals surface area contributed by atoms with Gasteiger partial charge in [-0.15, -0.1) is 5.10 Å². The number of aryl methyl sites for hydroxylation is 2. The van der Waals surface area contributed by atoms with E-state index in [4.69, 9.17) is 8.83 Å². The fourth-order valence-electron chi connectivity index (χ4n) is 3.64. The second-order valence-corrected chi connectivity index (χ2v) is 7.09. The number of amides is 1. The summed E-state index contributed by atoms with van der Waals surface area (Å²) in [7, 11) is 0. The van der Waals surface area contributed by atoms with Gasteiger partial charge in [0.1, 0.15) is 11.5 Å². The minimum atomic E-state index is -0.00997. The minimum Gasteiger partial charge on any atom is -0.466 e. The predicted octanol–water partition coefficient (Wildman–Crippen LogP) is 4.88. The lowest BCUT2D eigenvalue weighted by molar-refractivity contribution is -0.121. The smallest absolute Gasteiger partial charge is 0.322 e. The summed E-state index contributed by atoms with van der Waals surface area (Å²) in [4.78, 5) is 12.4. The molecule has 2 aromatic heterocycles. The average molecular weight is 345 g/mol. The highest BCUT2D eigenvalue weighted by Gasteiger charge is 2.27. The van der Waals surface area contributed by atoms with Crippen LogP contribution in [0.4, 0.5) is 6.01 Å². The van der Waals surface area contributed by atoms with E-state index >= 15 is 0 Å². The Labute approximate surface area is 148 Å². The van der Waals surface area contributed by atoms with E-state index in [1.54, 1.807) is 0 Å². The molecular formula is C19H27N3O3. The van der Waals surface area contributed by atoms with Crippen LogP contribution >= 0.6 is 0 Å². The molecule has 6 nitrogen and oxygen atoms in total. The van der Waals surface area contributed by atoms with Crippen LogP contribution in [0.15, 0.2) is 14.9 Å². The van der Waals surface area contributed by atoms with Gasteiger partial charge in [-0.05, 0) is 51.5 Å². The molecule has 0 saturated heterocycles. The first-order valence-electron chi connectivity index (χ1n) is 9.28. The topological polar surface area (TPSA) is 81.2 Å². The predicted molar refractivity (Wildman–Crippen MR) is 95.1 cm³/mol. The molecule has 136 valence electrons.